The van der Waals surface area contributed by atoms with Gasteiger partial charge >= 0.3 is 0 Å². The summed E-state index contributed by atoms with van der Waals surface area (Å²) in [4.78, 5) is 45.1. The van der Waals surface area contributed by atoms with Crippen LogP contribution >= 0.6 is 11.3 Å². The molecule has 7 nitrogen and oxygen atoms in total. The SMILES string of the molecule is Cc1c(C(=O)Nc2c(F)cccc2F)sc2ncn(CC(=O)N3C[C@H](C)C[C@@H](C)C3)c(=O)c12. The monoisotopic (exact) mass is 474 g/mol. The van der Waals surface area contributed by atoms with Crippen LogP contribution in [0.5, 0.6) is 0 Å². The molecule has 0 spiro atoms. The molecule has 1 fully saturated rings. The third-order valence-electron chi connectivity index (χ3n) is 5.85. The number of aromatic nitrogens is 2. The number of hydrogen-bond donors (Lipinski definition) is 1. The Morgan fingerprint density at radius 1 is 1.18 bits per heavy atom. The molecule has 2 amide bonds. The van der Waals surface area contributed by atoms with E-state index in [9.17, 15) is 23.2 Å². The van der Waals surface area contributed by atoms with Crippen LogP contribution in [0.1, 0.15) is 35.5 Å². The van der Waals surface area contributed by atoms with E-state index in [1.54, 1.807) is 11.8 Å². The molecular formula is C23H24F2N4O3S. The number of piperidine rings is 1. The minimum absolute atomic E-state index is 0.125. The first-order valence-corrected chi connectivity index (χ1v) is 11.5. The second-order valence-electron chi connectivity index (χ2n) is 8.71. The number of benzene rings is 1. The molecule has 0 saturated carbocycles. The molecule has 33 heavy (non-hydrogen) atoms. The van der Waals surface area contributed by atoms with E-state index in [-0.39, 0.29) is 22.7 Å². The molecule has 2 aromatic heterocycles. The van der Waals surface area contributed by atoms with Crippen molar-refractivity contribution in [3.8, 4) is 0 Å². The Bertz CT molecular complexity index is 1270. The maximum atomic E-state index is 13.9. The molecule has 174 valence electrons. The van der Waals surface area contributed by atoms with Gasteiger partial charge in [0, 0.05) is 13.1 Å². The summed E-state index contributed by atoms with van der Waals surface area (Å²) in [7, 11) is 0. The van der Waals surface area contributed by atoms with E-state index in [1.165, 1.54) is 17.0 Å². The Kier molecular flexibility index (Phi) is 6.29. The lowest BCUT2D eigenvalue weighted by molar-refractivity contribution is -0.134. The van der Waals surface area contributed by atoms with Gasteiger partial charge in [-0.25, -0.2) is 13.8 Å². The number of aryl methyl sites for hydroxylation is 1. The molecule has 0 unspecified atom stereocenters. The third-order valence-corrected chi connectivity index (χ3v) is 7.05. The highest BCUT2D eigenvalue weighted by atomic mass is 32.1. The second kappa shape index (κ2) is 9.01. The number of nitrogens with zero attached hydrogens (tertiary/aromatic N) is 3. The number of likely N-dealkylation sites (tertiary alicyclic amines) is 1. The number of nitrogens with one attached hydrogen (secondary N) is 1. The molecule has 3 heterocycles. The highest BCUT2D eigenvalue weighted by Gasteiger charge is 2.26. The number of halogens is 2. The molecule has 0 radical (unpaired) electrons. The molecule has 1 aliphatic heterocycles. The van der Waals surface area contributed by atoms with E-state index in [4.69, 9.17) is 0 Å². The second-order valence-corrected chi connectivity index (χ2v) is 9.71. The van der Waals surface area contributed by atoms with Gasteiger partial charge in [0.2, 0.25) is 5.91 Å². The topological polar surface area (TPSA) is 84.3 Å². The zero-order chi connectivity index (χ0) is 23.9. The van der Waals surface area contributed by atoms with Crippen molar-refractivity contribution in [1.29, 1.82) is 0 Å². The van der Waals surface area contributed by atoms with Crippen molar-refractivity contribution in [2.75, 3.05) is 18.4 Å². The molecule has 1 aliphatic rings. The van der Waals surface area contributed by atoms with Gasteiger partial charge in [-0.15, -0.1) is 11.3 Å². The standard InChI is InChI=1S/C23H24F2N4O3S/c1-12-7-13(2)9-28(8-12)17(30)10-29-11-26-22-18(23(29)32)14(3)20(33-22)21(31)27-19-15(24)5-4-6-16(19)25/h4-6,11-13H,7-10H2,1-3H3,(H,27,31)/t12-,13-/m1/s1. The lowest BCUT2D eigenvalue weighted by Gasteiger charge is -2.35. The van der Waals surface area contributed by atoms with Crippen molar-refractivity contribution < 1.29 is 18.4 Å². The summed E-state index contributed by atoms with van der Waals surface area (Å²) in [6.07, 6.45) is 2.36. The van der Waals surface area contributed by atoms with Crippen molar-refractivity contribution in [2.45, 2.75) is 33.7 Å². The van der Waals surface area contributed by atoms with Crippen LogP contribution in [0.2, 0.25) is 0 Å². The average molecular weight is 475 g/mol. The minimum Gasteiger partial charge on any atom is -0.341 e. The number of carbonyl (C=O) groups excluding carboxylic acids is 2. The molecule has 2 atom stereocenters. The highest BCUT2D eigenvalue weighted by molar-refractivity contribution is 7.20. The predicted molar refractivity (Wildman–Crippen MR) is 122 cm³/mol. The number of thiophene rings is 1. The first kappa shape index (κ1) is 23.0. The van der Waals surface area contributed by atoms with Gasteiger partial charge in [0.1, 0.15) is 28.7 Å². The van der Waals surface area contributed by atoms with Crippen LogP contribution in [-0.4, -0.2) is 39.4 Å². The van der Waals surface area contributed by atoms with Gasteiger partial charge in [-0.3, -0.25) is 19.0 Å². The van der Waals surface area contributed by atoms with Gasteiger partial charge in [0.25, 0.3) is 11.5 Å². The number of anilines is 1. The quantitative estimate of drug-likeness (QED) is 0.624. The van der Waals surface area contributed by atoms with Gasteiger partial charge in [0.05, 0.1) is 16.6 Å². The van der Waals surface area contributed by atoms with E-state index in [1.807, 2.05) is 0 Å². The van der Waals surface area contributed by atoms with Crippen molar-refractivity contribution in [3.05, 3.63) is 57.0 Å². The van der Waals surface area contributed by atoms with Crippen molar-refractivity contribution >= 4 is 39.1 Å². The molecule has 0 aliphatic carbocycles. The van der Waals surface area contributed by atoms with E-state index in [2.05, 4.69) is 24.1 Å². The fraction of sp³-hybridized carbons (Fsp3) is 0.391. The van der Waals surface area contributed by atoms with E-state index in [0.717, 1.165) is 29.9 Å². The molecule has 10 heteroatoms. The minimum atomic E-state index is -0.901. The first-order chi connectivity index (χ1) is 15.7. The lowest BCUT2D eigenvalue weighted by Crippen LogP contribution is -2.44. The maximum absolute atomic E-state index is 13.9. The van der Waals surface area contributed by atoms with Gasteiger partial charge in [-0.1, -0.05) is 19.9 Å². The van der Waals surface area contributed by atoms with Crippen LogP contribution in [0.4, 0.5) is 14.5 Å². The van der Waals surface area contributed by atoms with Gasteiger partial charge in [-0.05, 0) is 42.9 Å². The van der Waals surface area contributed by atoms with Crippen LogP contribution < -0.4 is 10.9 Å². The zero-order valence-electron chi connectivity index (χ0n) is 18.5. The summed E-state index contributed by atoms with van der Waals surface area (Å²) in [6, 6.07) is 3.28. The predicted octanol–water partition coefficient (Wildman–Crippen LogP) is 3.80. The van der Waals surface area contributed by atoms with Crippen LogP contribution in [0.3, 0.4) is 0 Å². The van der Waals surface area contributed by atoms with Crippen molar-refractivity contribution in [1.82, 2.24) is 14.5 Å². The Hall–Kier alpha value is -3.14. The number of carbonyl (C=O) groups is 2. The smallest absolute Gasteiger partial charge is 0.266 e. The molecule has 3 aromatic rings. The molecule has 0 bridgehead atoms. The summed E-state index contributed by atoms with van der Waals surface area (Å²) in [5.41, 5.74) is -0.639. The van der Waals surface area contributed by atoms with Crippen molar-refractivity contribution in [2.24, 2.45) is 11.8 Å². The van der Waals surface area contributed by atoms with Crippen LogP contribution in [-0.2, 0) is 11.3 Å². The first-order valence-electron chi connectivity index (χ1n) is 10.7. The third kappa shape index (κ3) is 4.52. The number of fused-ring (bicyclic) bond motifs is 1. The summed E-state index contributed by atoms with van der Waals surface area (Å²) < 4.78 is 29.1. The lowest BCUT2D eigenvalue weighted by atomic mass is 9.92. The van der Waals surface area contributed by atoms with E-state index in [0.29, 0.717) is 35.3 Å². The van der Waals surface area contributed by atoms with Crippen molar-refractivity contribution in [3.63, 3.8) is 0 Å². The van der Waals surface area contributed by atoms with E-state index < -0.39 is 28.8 Å². The Morgan fingerprint density at radius 2 is 1.82 bits per heavy atom. The largest absolute Gasteiger partial charge is 0.341 e. The van der Waals surface area contributed by atoms with Crippen LogP contribution in [0, 0.1) is 30.4 Å². The molecule has 1 N–H and O–H groups in total. The normalized spacial score (nSPS) is 18.5. The molecule has 4 rings (SSSR count). The number of hydrogen-bond acceptors (Lipinski definition) is 5. The van der Waals surface area contributed by atoms with Gasteiger partial charge in [-0.2, -0.15) is 0 Å². The highest BCUT2D eigenvalue weighted by Crippen LogP contribution is 2.29. The Morgan fingerprint density at radius 3 is 2.45 bits per heavy atom. The molecule has 1 saturated heterocycles. The van der Waals surface area contributed by atoms with Gasteiger partial charge in [0.15, 0.2) is 0 Å². The number of para-hydroxylation sites is 1. The zero-order valence-corrected chi connectivity index (χ0v) is 19.3. The van der Waals surface area contributed by atoms with E-state index >= 15 is 0 Å². The summed E-state index contributed by atoms with van der Waals surface area (Å²) in [5, 5.41) is 2.46. The summed E-state index contributed by atoms with van der Waals surface area (Å²) in [5.74, 6) is -1.90. The average Bonchev–Trinajstić information content (AvgIpc) is 3.09. The maximum Gasteiger partial charge on any atom is 0.266 e. The fourth-order valence-corrected chi connectivity index (χ4v) is 5.42. The van der Waals surface area contributed by atoms with Crippen LogP contribution in [0.25, 0.3) is 10.2 Å². The summed E-state index contributed by atoms with van der Waals surface area (Å²) in [6.45, 7) is 6.95. The molecule has 1 aromatic carbocycles. The Balaban J connectivity index is 1.61. The van der Waals surface area contributed by atoms with Crippen LogP contribution in [0.15, 0.2) is 29.3 Å². The molecular weight excluding hydrogens is 450 g/mol. The fourth-order valence-electron chi connectivity index (χ4n) is 4.39. The Labute approximate surface area is 193 Å². The summed E-state index contributed by atoms with van der Waals surface area (Å²) >= 11 is 0.957. The number of rotatable bonds is 4. The number of amides is 2. The van der Waals surface area contributed by atoms with Gasteiger partial charge < -0.3 is 10.2 Å².